The molecular formula is C12H19N3O3. The maximum absolute atomic E-state index is 11.1. The largest absolute Gasteiger partial charge is 0.313 e. The Balaban J connectivity index is 3.27. The van der Waals surface area contributed by atoms with Crippen molar-refractivity contribution in [3.05, 3.63) is 21.5 Å². The molecule has 0 aliphatic rings. The molecule has 6 heteroatoms. The van der Waals surface area contributed by atoms with Crippen molar-refractivity contribution < 1.29 is 9.72 Å². The molecule has 0 aromatic carbocycles. The molecule has 1 heterocycles. The van der Waals surface area contributed by atoms with Gasteiger partial charge in [-0.25, -0.2) is 0 Å². The first-order valence-corrected chi connectivity index (χ1v) is 6.16. The molecule has 100 valence electrons. The highest BCUT2D eigenvalue weighted by atomic mass is 16.6. The monoisotopic (exact) mass is 253 g/mol. The molecule has 0 amide bonds. The van der Waals surface area contributed by atoms with E-state index in [4.69, 9.17) is 0 Å². The Bertz CT molecular complexity index is 465. The molecule has 1 aromatic heterocycles. The van der Waals surface area contributed by atoms with Crippen LogP contribution >= 0.6 is 0 Å². The first kappa shape index (κ1) is 14.3. The van der Waals surface area contributed by atoms with Gasteiger partial charge in [0.15, 0.2) is 0 Å². The van der Waals surface area contributed by atoms with Crippen molar-refractivity contribution in [2.24, 2.45) is 0 Å². The highest BCUT2D eigenvalue weighted by Gasteiger charge is 2.27. The van der Waals surface area contributed by atoms with Crippen LogP contribution < -0.4 is 0 Å². The molecule has 0 spiro atoms. The summed E-state index contributed by atoms with van der Waals surface area (Å²) in [4.78, 5) is 21.9. The van der Waals surface area contributed by atoms with Crippen LogP contribution in [0, 0.1) is 10.1 Å². The molecule has 0 fully saturated rings. The highest BCUT2D eigenvalue weighted by Crippen LogP contribution is 2.28. The van der Waals surface area contributed by atoms with E-state index in [2.05, 4.69) is 5.10 Å². The van der Waals surface area contributed by atoms with Crippen molar-refractivity contribution in [2.45, 2.75) is 53.0 Å². The summed E-state index contributed by atoms with van der Waals surface area (Å²) in [5.74, 6) is 0.0563. The van der Waals surface area contributed by atoms with Crippen LogP contribution in [-0.2, 0) is 17.6 Å². The Morgan fingerprint density at radius 1 is 1.44 bits per heavy atom. The molecule has 1 rings (SSSR count). The van der Waals surface area contributed by atoms with E-state index in [0.717, 1.165) is 0 Å². The van der Waals surface area contributed by atoms with Crippen LogP contribution in [-0.4, -0.2) is 20.5 Å². The standard InChI is InChI=1S/C12H19N3O3/c1-5-10-12(15(17)18)11(6-2)14(13-10)8(3)7-9(4)16/h8H,5-7H2,1-4H3. The Kier molecular flexibility index (Phi) is 4.58. The average Bonchev–Trinajstić information content (AvgIpc) is 2.66. The molecule has 0 aliphatic heterocycles. The number of carbonyl (C=O) groups excluding carboxylic acids is 1. The van der Waals surface area contributed by atoms with E-state index in [0.29, 0.717) is 30.7 Å². The molecular weight excluding hydrogens is 234 g/mol. The third-order valence-electron chi connectivity index (χ3n) is 2.90. The number of hydrogen-bond donors (Lipinski definition) is 0. The van der Waals surface area contributed by atoms with E-state index >= 15 is 0 Å². The van der Waals surface area contributed by atoms with Gasteiger partial charge in [0, 0.05) is 6.42 Å². The molecule has 1 atom stereocenters. The average molecular weight is 253 g/mol. The van der Waals surface area contributed by atoms with Crippen molar-refractivity contribution in [3.8, 4) is 0 Å². The molecule has 0 saturated heterocycles. The van der Waals surface area contributed by atoms with Gasteiger partial charge in [-0.3, -0.25) is 19.6 Å². The Morgan fingerprint density at radius 2 is 2.06 bits per heavy atom. The van der Waals surface area contributed by atoms with Crippen LogP contribution in [0.25, 0.3) is 0 Å². The van der Waals surface area contributed by atoms with Crippen LogP contribution in [0.2, 0.25) is 0 Å². The molecule has 18 heavy (non-hydrogen) atoms. The number of hydrogen-bond acceptors (Lipinski definition) is 4. The number of carbonyl (C=O) groups is 1. The number of aryl methyl sites for hydroxylation is 1. The van der Waals surface area contributed by atoms with Gasteiger partial charge in [-0.2, -0.15) is 5.10 Å². The maximum atomic E-state index is 11.1. The van der Waals surface area contributed by atoms with Gasteiger partial charge in [0.25, 0.3) is 0 Å². The minimum Gasteiger partial charge on any atom is -0.300 e. The zero-order chi connectivity index (χ0) is 13.9. The van der Waals surface area contributed by atoms with Crippen LogP contribution in [0.15, 0.2) is 0 Å². The predicted molar refractivity (Wildman–Crippen MR) is 67.6 cm³/mol. The summed E-state index contributed by atoms with van der Waals surface area (Å²) >= 11 is 0. The van der Waals surface area contributed by atoms with E-state index in [1.807, 2.05) is 20.8 Å². The highest BCUT2D eigenvalue weighted by molar-refractivity contribution is 5.75. The predicted octanol–water partition coefficient (Wildman–Crippen LogP) is 2.46. The summed E-state index contributed by atoms with van der Waals surface area (Å²) < 4.78 is 1.64. The first-order valence-electron chi connectivity index (χ1n) is 6.16. The van der Waals surface area contributed by atoms with Crippen LogP contribution in [0.4, 0.5) is 5.69 Å². The van der Waals surface area contributed by atoms with E-state index < -0.39 is 0 Å². The van der Waals surface area contributed by atoms with Gasteiger partial charge in [-0.05, 0) is 26.7 Å². The lowest BCUT2D eigenvalue weighted by Crippen LogP contribution is -2.13. The molecule has 0 aliphatic carbocycles. The Hall–Kier alpha value is -1.72. The van der Waals surface area contributed by atoms with Crippen molar-refractivity contribution in [1.29, 1.82) is 0 Å². The molecule has 1 unspecified atom stereocenters. The number of rotatable bonds is 6. The van der Waals surface area contributed by atoms with E-state index in [1.165, 1.54) is 6.92 Å². The Labute approximate surface area is 106 Å². The van der Waals surface area contributed by atoms with Crippen molar-refractivity contribution >= 4 is 11.5 Å². The van der Waals surface area contributed by atoms with Gasteiger partial charge < -0.3 is 0 Å². The number of Topliss-reactive ketones (excluding diaryl/α,β-unsaturated/α-hetero) is 1. The zero-order valence-corrected chi connectivity index (χ0v) is 11.3. The normalized spacial score (nSPS) is 12.4. The van der Waals surface area contributed by atoms with Crippen LogP contribution in [0.5, 0.6) is 0 Å². The van der Waals surface area contributed by atoms with Gasteiger partial charge in [0.1, 0.15) is 17.2 Å². The molecule has 0 N–H and O–H groups in total. The minimum atomic E-state index is -0.373. The lowest BCUT2D eigenvalue weighted by Gasteiger charge is -2.12. The van der Waals surface area contributed by atoms with Gasteiger partial charge in [0.2, 0.25) is 0 Å². The van der Waals surface area contributed by atoms with Crippen molar-refractivity contribution in [1.82, 2.24) is 9.78 Å². The van der Waals surface area contributed by atoms with E-state index in [1.54, 1.807) is 4.68 Å². The van der Waals surface area contributed by atoms with Gasteiger partial charge in [-0.1, -0.05) is 13.8 Å². The van der Waals surface area contributed by atoms with E-state index in [-0.39, 0.29) is 22.4 Å². The fourth-order valence-corrected chi connectivity index (χ4v) is 2.16. The smallest absolute Gasteiger partial charge is 0.300 e. The van der Waals surface area contributed by atoms with Crippen molar-refractivity contribution in [3.63, 3.8) is 0 Å². The number of nitro groups is 1. The van der Waals surface area contributed by atoms with Gasteiger partial charge >= 0.3 is 5.69 Å². The van der Waals surface area contributed by atoms with Crippen LogP contribution in [0.3, 0.4) is 0 Å². The fourth-order valence-electron chi connectivity index (χ4n) is 2.16. The summed E-state index contributed by atoms with van der Waals surface area (Å²) in [6.07, 6.45) is 1.39. The second-order valence-corrected chi connectivity index (χ2v) is 4.41. The summed E-state index contributed by atoms with van der Waals surface area (Å²) in [5, 5.41) is 15.4. The van der Waals surface area contributed by atoms with Gasteiger partial charge in [0.05, 0.1) is 11.0 Å². The summed E-state index contributed by atoms with van der Waals surface area (Å²) in [6.45, 7) is 7.08. The molecule has 0 saturated carbocycles. The fraction of sp³-hybridized carbons (Fsp3) is 0.667. The lowest BCUT2D eigenvalue weighted by atomic mass is 10.1. The minimum absolute atomic E-state index is 0.0563. The summed E-state index contributed by atoms with van der Waals surface area (Å²) in [5.41, 5.74) is 1.20. The van der Waals surface area contributed by atoms with E-state index in [9.17, 15) is 14.9 Å². The second kappa shape index (κ2) is 5.75. The SMILES string of the molecule is CCc1nn(C(C)CC(C)=O)c(CC)c1[N+](=O)[O-]. The number of aromatic nitrogens is 2. The first-order chi connectivity index (χ1) is 8.42. The maximum Gasteiger partial charge on any atom is 0.313 e. The quantitative estimate of drug-likeness (QED) is 0.576. The Morgan fingerprint density at radius 3 is 2.44 bits per heavy atom. The zero-order valence-electron chi connectivity index (χ0n) is 11.3. The third kappa shape index (κ3) is 2.75. The summed E-state index contributed by atoms with van der Waals surface area (Å²) in [7, 11) is 0. The molecule has 6 nitrogen and oxygen atoms in total. The topological polar surface area (TPSA) is 78.0 Å². The van der Waals surface area contributed by atoms with Crippen LogP contribution in [0.1, 0.15) is 51.5 Å². The molecule has 0 radical (unpaired) electrons. The van der Waals surface area contributed by atoms with Gasteiger partial charge in [-0.15, -0.1) is 0 Å². The third-order valence-corrected chi connectivity index (χ3v) is 2.90. The molecule has 1 aromatic rings. The van der Waals surface area contributed by atoms with Crippen molar-refractivity contribution in [2.75, 3.05) is 0 Å². The second-order valence-electron chi connectivity index (χ2n) is 4.41. The molecule has 0 bridgehead atoms. The number of nitrogens with zero attached hydrogens (tertiary/aromatic N) is 3. The lowest BCUT2D eigenvalue weighted by molar-refractivity contribution is -0.386. The number of ketones is 1. The summed E-state index contributed by atoms with van der Waals surface area (Å²) in [6, 6.07) is -0.142.